The number of nitrogens with zero attached hydrogens (tertiary/aromatic N) is 2. The average Bonchev–Trinajstić information content (AvgIpc) is 2.74. The molecule has 1 saturated heterocycles. The molecule has 2 fully saturated rings. The van der Waals surface area contributed by atoms with Gasteiger partial charge in [0.25, 0.3) is 0 Å². The molecule has 3 atom stereocenters. The molecule has 1 saturated carbocycles. The lowest BCUT2D eigenvalue weighted by molar-refractivity contribution is 0.0123. The van der Waals surface area contributed by atoms with E-state index in [9.17, 15) is 4.79 Å². The van der Waals surface area contributed by atoms with Crippen LogP contribution in [0.1, 0.15) is 40.0 Å². The highest BCUT2D eigenvalue weighted by Crippen LogP contribution is 2.54. The lowest BCUT2D eigenvalue weighted by Crippen LogP contribution is -2.33. The number of amides is 1. The fourth-order valence-electron chi connectivity index (χ4n) is 3.43. The molecule has 2 aliphatic heterocycles. The van der Waals surface area contributed by atoms with Crippen molar-refractivity contribution in [2.45, 2.75) is 45.6 Å². The molecule has 1 amide bonds. The van der Waals surface area contributed by atoms with Crippen LogP contribution in [0.25, 0.3) is 0 Å². The van der Waals surface area contributed by atoms with Crippen molar-refractivity contribution in [3.8, 4) is 0 Å². The molecule has 3 rings (SSSR count). The molecule has 0 radical (unpaired) electrons. The molecule has 5 heteroatoms. The predicted molar refractivity (Wildman–Crippen MR) is 75.5 cm³/mol. The molecule has 112 valence electrons. The summed E-state index contributed by atoms with van der Waals surface area (Å²) in [6.45, 7) is 8.41. The summed E-state index contributed by atoms with van der Waals surface area (Å²) < 4.78 is 5.26. The zero-order valence-corrected chi connectivity index (χ0v) is 12.6. The van der Waals surface area contributed by atoms with Gasteiger partial charge in [-0.2, -0.15) is 0 Å². The van der Waals surface area contributed by atoms with Gasteiger partial charge < -0.3 is 14.5 Å². The van der Waals surface area contributed by atoms with E-state index in [2.05, 4.69) is 25.9 Å². The maximum absolute atomic E-state index is 11.9. The van der Waals surface area contributed by atoms with Crippen molar-refractivity contribution in [2.75, 3.05) is 19.7 Å². The Kier molecular flexibility index (Phi) is 3.38. The first-order valence-electron chi connectivity index (χ1n) is 7.68. The SMILES string of the molecule is CCCCOC(=O)N1C[C@@H]2C(C3=NOC(C)(C)C3)[C@@H]2C1. The molecule has 0 aromatic carbocycles. The van der Waals surface area contributed by atoms with Crippen molar-refractivity contribution in [3.05, 3.63) is 0 Å². The summed E-state index contributed by atoms with van der Waals surface area (Å²) in [5.74, 6) is 1.69. The lowest BCUT2D eigenvalue weighted by Gasteiger charge is -2.19. The molecule has 1 unspecified atom stereocenters. The first-order valence-corrected chi connectivity index (χ1v) is 7.68. The highest BCUT2D eigenvalue weighted by molar-refractivity contribution is 5.91. The van der Waals surface area contributed by atoms with Crippen LogP contribution < -0.4 is 0 Å². The molecule has 0 aromatic rings. The van der Waals surface area contributed by atoms with Gasteiger partial charge in [0, 0.05) is 25.4 Å². The van der Waals surface area contributed by atoms with Gasteiger partial charge in [-0.1, -0.05) is 18.5 Å². The van der Waals surface area contributed by atoms with Crippen LogP contribution in [-0.4, -0.2) is 42.0 Å². The summed E-state index contributed by atoms with van der Waals surface area (Å²) in [7, 11) is 0. The van der Waals surface area contributed by atoms with Crippen LogP contribution in [0.5, 0.6) is 0 Å². The van der Waals surface area contributed by atoms with Crippen LogP contribution in [-0.2, 0) is 9.57 Å². The minimum Gasteiger partial charge on any atom is -0.449 e. The van der Waals surface area contributed by atoms with E-state index in [4.69, 9.17) is 9.57 Å². The molecule has 3 aliphatic rings. The third-order valence-corrected chi connectivity index (χ3v) is 4.58. The van der Waals surface area contributed by atoms with Gasteiger partial charge in [0.1, 0.15) is 5.60 Å². The van der Waals surface area contributed by atoms with Gasteiger partial charge in [-0.3, -0.25) is 0 Å². The Labute approximate surface area is 120 Å². The highest BCUT2D eigenvalue weighted by atomic mass is 16.7. The average molecular weight is 280 g/mol. The highest BCUT2D eigenvalue weighted by Gasteiger charge is 2.60. The zero-order chi connectivity index (χ0) is 14.3. The van der Waals surface area contributed by atoms with E-state index in [0.717, 1.165) is 32.4 Å². The Hall–Kier alpha value is -1.26. The maximum atomic E-state index is 11.9. The maximum Gasteiger partial charge on any atom is 0.409 e. The van der Waals surface area contributed by atoms with Gasteiger partial charge in [0.05, 0.1) is 12.3 Å². The van der Waals surface area contributed by atoms with Crippen molar-refractivity contribution in [2.24, 2.45) is 22.9 Å². The smallest absolute Gasteiger partial charge is 0.409 e. The summed E-state index contributed by atoms with van der Waals surface area (Å²) in [4.78, 5) is 19.2. The number of carbonyl (C=O) groups is 1. The van der Waals surface area contributed by atoms with Crippen molar-refractivity contribution in [1.82, 2.24) is 4.90 Å². The third kappa shape index (κ3) is 2.50. The van der Waals surface area contributed by atoms with Gasteiger partial charge in [-0.25, -0.2) is 4.79 Å². The fraction of sp³-hybridized carbons (Fsp3) is 0.867. The number of unbranched alkanes of at least 4 members (excludes halogenated alkanes) is 1. The van der Waals surface area contributed by atoms with Crippen LogP contribution >= 0.6 is 0 Å². The number of piperidine rings is 1. The largest absolute Gasteiger partial charge is 0.449 e. The molecule has 2 heterocycles. The number of likely N-dealkylation sites (tertiary alicyclic amines) is 1. The van der Waals surface area contributed by atoms with Gasteiger partial charge >= 0.3 is 6.09 Å². The van der Waals surface area contributed by atoms with E-state index >= 15 is 0 Å². The quantitative estimate of drug-likeness (QED) is 0.744. The van der Waals surface area contributed by atoms with E-state index in [1.807, 2.05) is 4.90 Å². The Morgan fingerprint density at radius 2 is 2.15 bits per heavy atom. The molecule has 5 nitrogen and oxygen atoms in total. The normalized spacial score (nSPS) is 33.5. The minimum atomic E-state index is -0.148. The molecular weight excluding hydrogens is 256 g/mol. The van der Waals surface area contributed by atoms with Gasteiger partial charge in [0.2, 0.25) is 0 Å². The summed E-state index contributed by atoms with van der Waals surface area (Å²) in [5.41, 5.74) is 1.05. The number of carbonyl (C=O) groups excluding carboxylic acids is 1. The molecule has 1 aliphatic carbocycles. The number of hydrogen-bond acceptors (Lipinski definition) is 4. The molecule has 0 spiro atoms. The summed E-state index contributed by atoms with van der Waals surface area (Å²) in [5, 5.41) is 4.25. The Balaban J connectivity index is 1.45. The number of oxime groups is 1. The first-order chi connectivity index (χ1) is 9.52. The number of rotatable bonds is 4. The number of fused-ring (bicyclic) bond motifs is 1. The summed E-state index contributed by atoms with van der Waals surface area (Å²) >= 11 is 0. The third-order valence-electron chi connectivity index (χ3n) is 4.58. The lowest BCUT2D eigenvalue weighted by atomic mass is 9.98. The van der Waals surface area contributed by atoms with E-state index < -0.39 is 0 Å². The molecule has 20 heavy (non-hydrogen) atoms. The van der Waals surface area contributed by atoms with Crippen molar-refractivity contribution < 1.29 is 14.4 Å². The van der Waals surface area contributed by atoms with E-state index in [1.165, 1.54) is 5.71 Å². The standard InChI is InChI=1S/C15H24N2O3/c1-4-5-6-19-14(18)17-8-10-11(9-17)13(10)12-7-15(2,3)20-16-12/h10-11,13H,4-9H2,1-3H3/t10-,11+,13?. The summed E-state index contributed by atoms with van der Waals surface area (Å²) in [6.07, 6.45) is 2.77. The van der Waals surface area contributed by atoms with E-state index in [0.29, 0.717) is 24.4 Å². The van der Waals surface area contributed by atoms with Crippen LogP contribution in [0, 0.1) is 17.8 Å². The van der Waals surface area contributed by atoms with Crippen LogP contribution in [0.3, 0.4) is 0 Å². The van der Waals surface area contributed by atoms with E-state index in [-0.39, 0.29) is 11.7 Å². The monoisotopic (exact) mass is 280 g/mol. The van der Waals surface area contributed by atoms with E-state index in [1.54, 1.807) is 0 Å². The molecule has 0 N–H and O–H groups in total. The van der Waals surface area contributed by atoms with Crippen molar-refractivity contribution >= 4 is 11.8 Å². The van der Waals surface area contributed by atoms with Crippen molar-refractivity contribution in [1.29, 1.82) is 0 Å². The summed E-state index contributed by atoms with van der Waals surface area (Å²) in [6, 6.07) is 0. The Morgan fingerprint density at radius 1 is 1.45 bits per heavy atom. The fourth-order valence-corrected chi connectivity index (χ4v) is 3.43. The second kappa shape index (κ2) is 4.93. The van der Waals surface area contributed by atoms with Crippen molar-refractivity contribution in [3.63, 3.8) is 0 Å². The Bertz CT molecular complexity index is 421. The number of hydrogen-bond donors (Lipinski definition) is 0. The second-order valence-electron chi connectivity index (χ2n) is 6.84. The Morgan fingerprint density at radius 3 is 2.70 bits per heavy atom. The minimum absolute atomic E-state index is 0.144. The number of ether oxygens (including phenoxy) is 1. The molecular formula is C15H24N2O3. The van der Waals surface area contributed by atoms with Crippen LogP contribution in [0.4, 0.5) is 4.79 Å². The zero-order valence-electron chi connectivity index (χ0n) is 12.6. The van der Waals surface area contributed by atoms with Gasteiger partial charge in [0.15, 0.2) is 0 Å². The first kappa shape index (κ1) is 13.7. The van der Waals surface area contributed by atoms with Crippen LogP contribution in [0.2, 0.25) is 0 Å². The van der Waals surface area contributed by atoms with Crippen LogP contribution in [0.15, 0.2) is 5.16 Å². The molecule has 0 aromatic heterocycles. The van der Waals surface area contributed by atoms with Gasteiger partial charge in [-0.15, -0.1) is 0 Å². The second-order valence-corrected chi connectivity index (χ2v) is 6.84. The molecule has 0 bridgehead atoms. The predicted octanol–water partition coefficient (Wildman–Crippen LogP) is 2.66. The van der Waals surface area contributed by atoms with Gasteiger partial charge in [-0.05, 0) is 32.1 Å². The topological polar surface area (TPSA) is 51.1 Å².